The number of aliphatic imine (C=N–C) groups is 1. The van der Waals surface area contributed by atoms with Crippen LogP contribution >= 0.6 is 0 Å². The van der Waals surface area contributed by atoms with E-state index in [4.69, 9.17) is 5.73 Å². The van der Waals surface area contributed by atoms with Crippen LogP contribution in [0.1, 0.15) is 11.1 Å². The van der Waals surface area contributed by atoms with E-state index in [2.05, 4.69) is 9.98 Å². The van der Waals surface area contributed by atoms with Crippen LogP contribution in [0.2, 0.25) is 0 Å². The van der Waals surface area contributed by atoms with Crippen LogP contribution in [0.4, 0.5) is 18.9 Å². The van der Waals surface area contributed by atoms with Gasteiger partial charge in [0.1, 0.15) is 5.71 Å². The molecule has 0 saturated heterocycles. The molecule has 1 atom stereocenters. The fourth-order valence-corrected chi connectivity index (χ4v) is 2.76. The topological polar surface area (TPSA) is 71.6 Å². The Morgan fingerprint density at radius 1 is 1.24 bits per heavy atom. The molecule has 0 spiro atoms. The number of hydrogen-bond acceptors (Lipinski definition) is 5. The predicted octanol–water partition coefficient (Wildman–Crippen LogP) is 2.31. The zero-order chi connectivity index (χ0) is 18.1. The van der Waals surface area contributed by atoms with E-state index in [1.165, 1.54) is 23.1 Å². The summed E-state index contributed by atoms with van der Waals surface area (Å²) in [5.41, 5.74) is 4.22. The van der Waals surface area contributed by atoms with Crippen molar-refractivity contribution in [3.05, 3.63) is 59.9 Å². The highest BCUT2D eigenvalue weighted by molar-refractivity contribution is 6.09. The molecule has 0 amide bonds. The molecule has 0 fully saturated rings. The SMILES string of the molecule is NC1(C=O)CN=C(C(F)(F)F)c2ccccc2N1Cc1cccnc1. The van der Waals surface area contributed by atoms with Crippen molar-refractivity contribution >= 4 is 17.7 Å². The molecule has 0 radical (unpaired) electrons. The number of anilines is 1. The molecule has 1 unspecified atom stereocenters. The van der Waals surface area contributed by atoms with Crippen molar-refractivity contribution < 1.29 is 18.0 Å². The third-order valence-corrected chi connectivity index (χ3v) is 3.98. The summed E-state index contributed by atoms with van der Waals surface area (Å²) in [6.45, 7) is -0.374. The number of aromatic nitrogens is 1. The van der Waals surface area contributed by atoms with E-state index in [0.29, 0.717) is 11.8 Å². The molecule has 8 heteroatoms. The number of benzodiazepines with no additional fused rings is 1. The second kappa shape index (κ2) is 6.29. The summed E-state index contributed by atoms with van der Waals surface area (Å²) < 4.78 is 40.3. The third kappa shape index (κ3) is 3.25. The largest absolute Gasteiger partial charge is 0.433 e. The number of pyridine rings is 1. The van der Waals surface area contributed by atoms with Crippen LogP contribution in [-0.2, 0) is 11.3 Å². The van der Waals surface area contributed by atoms with Gasteiger partial charge in [-0.25, -0.2) is 0 Å². The second-order valence-electron chi connectivity index (χ2n) is 5.74. The zero-order valence-electron chi connectivity index (χ0n) is 13.1. The average Bonchev–Trinajstić information content (AvgIpc) is 2.72. The van der Waals surface area contributed by atoms with Crippen molar-refractivity contribution in [1.82, 2.24) is 4.98 Å². The smallest absolute Gasteiger partial charge is 0.341 e. The third-order valence-electron chi connectivity index (χ3n) is 3.98. The van der Waals surface area contributed by atoms with E-state index in [1.807, 2.05) is 0 Å². The van der Waals surface area contributed by atoms with Crippen molar-refractivity contribution in [2.45, 2.75) is 18.4 Å². The number of nitrogens with zero attached hydrogens (tertiary/aromatic N) is 3. The first-order chi connectivity index (χ1) is 11.8. The van der Waals surface area contributed by atoms with Gasteiger partial charge in [-0.3, -0.25) is 14.8 Å². The van der Waals surface area contributed by atoms with Crippen LogP contribution in [-0.4, -0.2) is 35.4 Å². The molecule has 2 aromatic rings. The number of carbonyl (C=O) groups is 1. The van der Waals surface area contributed by atoms with E-state index in [1.54, 1.807) is 30.6 Å². The minimum atomic E-state index is -4.65. The maximum Gasteiger partial charge on any atom is 0.433 e. The second-order valence-corrected chi connectivity index (χ2v) is 5.74. The first-order valence-corrected chi connectivity index (χ1v) is 7.48. The van der Waals surface area contributed by atoms with Gasteiger partial charge in [0.25, 0.3) is 0 Å². The quantitative estimate of drug-likeness (QED) is 0.864. The van der Waals surface area contributed by atoms with Crippen LogP contribution in [0.3, 0.4) is 0 Å². The Balaban J connectivity index is 2.16. The van der Waals surface area contributed by atoms with Crippen LogP contribution in [0.25, 0.3) is 0 Å². The van der Waals surface area contributed by atoms with Gasteiger partial charge in [0.2, 0.25) is 0 Å². The Bertz CT molecular complexity index is 807. The van der Waals surface area contributed by atoms with Crippen molar-refractivity contribution in [1.29, 1.82) is 0 Å². The highest BCUT2D eigenvalue weighted by Gasteiger charge is 2.44. The molecule has 0 bridgehead atoms. The number of rotatable bonds is 3. The highest BCUT2D eigenvalue weighted by Crippen LogP contribution is 2.35. The van der Waals surface area contributed by atoms with E-state index in [-0.39, 0.29) is 17.8 Å². The van der Waals surface area contributed by atoms with E-state index < -0.39 is 24.1 Å². The molecule has 1 aliphatic heterocycles. The van der Waals surface area contributed by atoms with E-state index in [0.717, 1.165) is 0 Å². The summed E-state index contributed by atoms with van der Waals surface area (Å²) in [5, 5.41) is 0. The summed E-state index contributed by atoms with van der Waals surface area (Å²) in [5.74, 6) is 0. The van der Waals surface area contributed by atoms with Crippen molar-refractivity contribution in [2.75, 3.05) is 11.4 Å². The number of benzene rings is 1. The van der Waals surface area contributed by atoms with Gasteiger partial charge in [-0.1, -0.05) is 24.3 Å². The van der Waals surface area contributed by atoms with Gasteiger partial charge >= 0.3 is 6.18 Å². The Hall–Kier alpha value is -2.74. The van der Waals surface area contributed by atoms with Crippen molar-refractivity contribution in [3.8, 4) is 0 Å². The first-order valence-electron chi connectivity index (χ1n) is 7.48. The minimum Gasteiger partial charge on any atom is -0.341 e. The molecular formula is C17H15F3N4O. The Morgan fingerprint density at radius 2 is 2.00 bits per heavy atom. The van der Waals surface area contributed by atoms with Gasteiger partial charge < -0.3 is 10.6 Å². The number of para-hydroxylation sites is 1. The average molecular weight is 348 g/mol. The number of nitrogens with two attached hydrogens (primary N) is 1. The lowest BCUT2D eigenvalue weighted by molar-refractivity contribution is -0.112. The molecule has 5 nitrogen and oxygen atoms in total. The predicted molar refractivity (Wildman–Crippen MR) is 87.3 cm³/mol. The van der Waals surface area contributed by atoms with Gasteiger partial charge in [-0.05, 0) is 17.7 Å². The van der Waals surface area contributed by atoms with Gasteiger partial charge in [0.05, 0.1) is 6.54 Å². The number of alkyl halides is 3. The zero-order valence-corrected chi connectivity index (χ0v) is 13.1. The Kier molecular flexibility index (Phi) is 4.30. The van der Waals surface area contributed by atoms with Gasteiger partial charge in [-0.2, -0.15) is 13.2 Å². The summed E-state index contributed by atoms with van der Waals surface area (Å²) in [6, 6.07) is 9.39. The normalized spacial score (nSPS) is 20.5. The molecule has 0 saturated carbocycles. The number of aldehydes is 1. The summed E-state index contributed by atoms with van der Waals surface area (Å²) in [4.78, 5) is 20.7. The number of carbonyl (C=O) groups excluding carboxylic acids is 1. The van der Waals surface area contributed by atoms with Crippen LogP contribution in [0, 0.1) is 0 Å². The molecule has 3 rings (SSSR count). The lowest BCUT2D eigenvalue weighted by Gasteiger charge is -2.37. The highest BCUT2D eigenvalue weighted by atomic mass is 19.4. The van der Waals surface area contributed by atoms with Crippen LogP contribution in [0.5, 0.6) is 0 Å². The lowest BCUT2D eigenvalue weighted by atomic mass is 10.0. The molecule has 2 heterocycles. The molecule has 25 heavy (non-hydrogen) atoms. The summed E-state index contributed by atoms with van der Waals surface area (Å²) in [6.07, 6.45) is -1.06. The fraction of sp³-hybridized carbons (Fsp3) is 0.235. The van der Waals surface area contributed by atoms with Crippen molar-refractivity contribution in [2.24, 2.45) is 10.7 Å². The Morgan fingerprint density at radius 3 is 2.64 bits per heavy atom. The fourth-order valence-electron chi connectivity index (χ4n) is 2.76. The molecule has 0 aliphatic carbocycles. The monoisotopic (exact) mass is 348 g/mol. The standard InChI is InChI=1S/C17H15F3N4O/c18-17(19,20)15-13-5-1-2-6-14(13)24(16(21,11-25)10-23-15)9-12-4-3-7-22-8-12/h1-8,11H,9-10,21H2. The van der Waals surface area contributed by atoms with Gasteiger partial charge in [0, 0.05) is 30.2 Å². The summed E-state index contributed by atoms with van der Waals surface area (Å²) >= 11 is 0. The maximum atomic E-state index is 13.4. The molecule has 1 aromatic carbocycles. The van der Waals surface area contributed by atoms with Gasteiger partial charge in [-0.15, -0.1) is 0 Å². The maximum absolute atomic E-state index is 13.4. The number of halogens is 3. The van der Waals surface area contributed by atoms with E-state index in [9.17, 15) is 18.0 Å². The summed E-state index contributed by atoms with van der Waals surface area (Å²) in [7, 11) is 0. The molecule has 130 valence electrons. The minimum absolute atomic E-state index is 0.104. The van der Waals surface area contributed by atoms with Crippen molar-refractivity contribution in [3.63, 3.8) is 0 Å². The van der Waals surface area contributed by atoms with Crippen LogP contribution < -0.4 is 10.6 Å². The molecular weight excluding hydrogens is 333 g/mol. The van der Waals surface area contributed by atoms with E-state index >= 15 is 0 Å². The van der Waals surface area contributed by atoms with Gasteiger partial charge in [0.15, 0.2) is 11.9 Å². The lowest BCUT2D eigenvalue weighted by Crippen LogP contribution is -2.59. The molecule has 1 aromatic heterocycles. The number of hydrogen-bond donors (Lipinski definition) is 1. The number of fused-ring (bicyclic) bond motifs is 1. The first kappa shape index (κ1) is 17.1. The molecule has 2 N–H and O–H groups in total. The van der Waals surface area contributed by atoms with Crippen LogP contribution in [0.15, 0.2) is 53.8 Å². The Labute approximate surface area is 142 Å². The molecule has 1 aliphatic rings.